The van der Waals surface area contributed by atoms with E-state index in [0.717, 1.165) is 57.0 Å². The molecule has 3 atom stereocenters. The van der Waals surface area contributed by atoms with Crippen molar-refractivity contribution in [3.8, 4) is 11.5 Å². The standard InChI is InChI=1S/C19H28N2O3/c1-14(2)11-21-12-15(21)13-23-16-6-8-17(9-7-16)24-18-5-3-4-10-20-19(18)22/h6-9,14-15,18H,3-5,10-13H2,1-2H3,(H,20,22). The molecule has 1 aromatic carbocycles. The molecule has 3 rings (SSSR count). The van der Waals surface area contributed by atoms with Crippen LogP contribution in [0.5, 0.6) is 11.5 Å². The van der Waals surface area contributed by atoms with Gasteiger partial charge in [-0.25, -0.2) is 0 Å². The molecule has 1 aromatic rings. The van der Waals surface area contributed by atoms with Crippen LogP contribution in [0.2, 0.25) is 0 Å². The number of carbonyl (C=O) groups is 1. The highest BCUT2D eigenvalue weighted by Gasteiger charge is 2.34. The molecular formula is C19H28N2O3. The van der Waals surface area contributed by atoms with E-state index < -0.39 is 0 Å². The van der Waals surface area contributed by atoms with Crippen molar-refractivity contribution >= 4 is 5.91 Å². The molecule has 0 aliphatic carbocycles. The van der Waals surface area contributed by atoms with Gasteiger partial charge in [-0.15, -0.1) is 0 Å². The lowest BCUT2D eigenvalue weighted by molar-refractivity contribution is -0.127. The Hall–Kier alpha value is -1.75. The van der Waals surface area contributed by atoms with Gasteiger partial charge >= 0.3 is 0 Å². The van der Waals surface area contributed by atoms with Gasteiger partial charge in [-0.05, 0) is 49.4 Å². The number of rotatable bonds is 7. The molecule has 0 spiro atoms. The molecule has 2 heterocycles. The van der Waals surface area contributed by atoms with Crippen LogP contribution < -0.4 is 14.8 Å². The van der Waals surface area contributed by atoms with Crippen LogP contribution in [0.25, 0.3) is 0 Å². The predicted octanol–water partition coefficient (Wildman–Crippen LogP) is 2.45. The molecule has 5 heteroatoms. The molecule has 2 saturated heterocycles. The molecule has 2 aliphatic rings. The van der Waals surface area contributed by atoms with Crippen molar-refractivity contribution in [1.82, 2.24) is 10.2 Å². The number of benzene rings is 1. The van der Waals surface area contributed by atoms with Gasteiger partial charge in [0.05, 0.1) is 6.04 Å². The summed E-state index contributed by atoms with van der Waals surface area (Å²) in [4.78, 5) is 14.3. The second-order valence-corrected chi connectivity index (χ2v) is 7.18. The number of nitrogens with one attached hydrogen (secondary N) is 1. The summed E-state index contributed by atoms with van der Waals surface area (Å²) in [6.07, 6.45) is 2.43. The maximum Gasteiger partial charge on any atom is 0.261 e. The van der Waals surface area contributed by atoms with Crippen molar-refractivity contribution in [2.24, 2.45) is 5.92 Å². The van der Waals surface area contributed by atoms with Crippen LogP contribution >= 0.6 is 0 Å². The summed E-state index contributed by atoms with van der Waals surface area (Å²) in [6, 6.07) is 8.15. The Morgan fingerprint density at radius 1 is 1.21 bits per heavy atom. The third-order valence-corrected chi connectivity index (χ3v) is 4.46. The van der Waals surface area contributed by atoms with Gasteiger partial charge in [0.1, 0.15) is 18.1 Å². The average molecular weight is 332 g/mol. The van der Waals surface area contributed by atoms with Crippen LogP contribution in [0, 0.1) is 5.92 Å². The fourth-order valence-electron chi connectivity index (χ4n) is 3.07. The minimum atomic E-state index is -0.379. The maximum absolute atomic E-state index is 11.9. The molecule has 5 nitrogen and oxygen atoms in total. The normalized spacial score (nSPS) is 26.6. The third kappa shape index (κ3) is 4.87. The fraction of sp³-hybridized carbons (Fsp3) is 0.632. The molecule has 0 aromatic heterocycles. The lowest BCUT2D eigenvalue weighted by Crippen LogP contribution is -2.36. The first-order valence-electron chi connectivity index (χ1n) is 9.03. The van der Waals surface area contributed by atoms with E-state index in [-0.39, 0.29) is 12.0 Å². The predicted molar refractivity (Wildman–Crippen MR) is 93.4 cm³/mol. The Morgan fingerprint density at radius 3 is 2.71 bits per heavy atom. The summed E-state index contributed by atoms with van der Waals surface area (Å²) >= 11 is 0. The molecule has 1 N–H and O–H groups in total. The van der Waals surface area contributed by atoms with E-state index in [2.05, 4.69) is 24.1 Å². The van der Waals surface area contributed by atoms with Crippen LogP contribution in [-0.2, 0) is 4.79 Å². The van der Waals surface area contributed by atoms with Crippen molar-refractivity contribution in [1.29, 1.82) is 0 Å². The third-order valence-electron chi connectivity index (χ3n) is 4.46. The summed E-state index contributed by atoms with van der Waals surface area (Å²) in [5.74, 6) is 2.26. The van der Waals surface area contributed by atoms with Crippen LogP contribution in [0.15, 0.2) is 24.3 Å². The molecule has 3 unspecified atom stereocenters. The van der Waals surface area contributed by atoms with Crippen molar-refractivity contribution in [3.05, 3.63) is 24.3 Å². The molecular weight excluding hydrogens is 304 g/mol. The molecule has 2 fully saturated rings. The number of hydrogen-bond donors (Lipinski definition) is 1. The molecule has 2 aliphatic heterocycles. The number of carbonyl (C=O) groups excluding carboxylic acids is 1. The molecule has 24 heavy (non-hydrogen) atoms. The highest BCUT2D eigenvalue weighted by Crippen LogP contribution is 2.23. The molecule has 1 amide bonds. The van der Waals surface area contributed by atoms with Gasteiger partial charge in [0, 0.05) is 19.6 Å². The van der Waals surface area contributed by atoms with E-state index in [1.165, 1.54) is 0 Å². The monoisotopic (exact) mass is 332 g/mol. The zero-order chi connectivity index (χ0) is 16.9. The highest BCUT2D eigenvalue weighted by atomic mass is 16.5. The van der Waals surface area contributed by atoms with E-state index in [1.54, 1.807) is 0 Å². The first-order valence-corrected chi connectivity index (χ1v) is 9.03. The zero-order valence-electron chi connectivity index (χ0n) is 14.7. The van der Waals surface area contributed by atoms with Crippen LogP contribution in [0.3, 0.4) is 0 Å². The molecule has 0 saturated carbocycles. The Morgan fingerprint density at radius 2 is 1.96 bits per heavy atom. The fourth-order valence-corrected chi connectivity index (χ4v) is 3.07. The van der Waals surface area contributed by atoms with Crippen LogP contribution in [0.1, 0.15) is 33.1 Å². The van der Waals surface area contributed by atoms with E-state index >= 15 is 0 Å². The smallest absolute Gasteiger partial charge is 0.261 e. The van der Waals surface area contributed by atoms with Crippen molar-refractivity contribution in [2.45, 2.75) is 45.3 Å². The summed E-state index contributed by atoms with van der Waals surface area (Å²) in [5, 5.41) is 2.89. The largest absolute Gasteiger partial charge is 0.492 e. The summed E-state index contributed by atoms with van der Waals surface area (Å²) < 4.78 is 11.7. The molecule has 0 radical (unpaired) electrons. The van der Waals surface area contributed by atoms with Gasteiger partial charge in [-0.1, -0.05) is 13.8 Å². The highest BCUT2D eigenvalue weighted by molar-refractivity contribution is 5.81. The summed E-state index contributed by atoms with van der Waals surface area (Å²) in [7, 11) is 0. The lowest BCUT2D eigenvalue weighted by Gasteiger charge is -2.16. The first kappa shape index (κ1) is 17.1. The number of hydrogen-bond acceptors (Lipinski definition) is 4. The van der Waals surface area contributed by atoms with Crippen LogP contribution in [0.4, 0.5) is 0 Å². The molecule has 132 valence electrons. The van der Waals surface area contributed by atoms with Gasteiger partial charge < -0.3 is 14.8 Å². The average Bonchev–Trinajstić information content (AvgIpc) is 3.32. The van der Waals surface area contributed by atoms with E-state index in [1.807, 2.05) is 24.3 Å². The number of amides is 1. The van der Waals surface area contributed by atoms with Crippen LogP contribution in [-0.4, -0.2) is 49.2 Å². The topological polar surface area (TPSA) is 50.6 Å². The Balaban J connectivity index is 1.44. The number of ether oxygens (including phenoxy) is 2. The molecule has 0 bridgehead atoms. The quantitative estimate of drug-likeness (QED) is 0.779. The van der Waals surface area contributed by atoms with Gasteiger partial charge in [0.15, 0.2) is 6.10 Å². The van der Waals surface area contributed by atoms with E-state index in [4.69, 9.17) is 9.47 Å². The minimum Gasteiger partial charge on any atom is -0.492 e. The Kier molecular flexibility index (Phi) is 5.61. The second kappa shape index (κ2) is 7.88. The van der Waals surface area contributed by atoms with Crippen molar-refractivity contribution in [2.75, 3.05) is 26.2 Å². The second-order valence-electron chi connectivity index (χ2n) is 7.18. The van der Waals surface area contributed by atoms with E-state index in [0.29, 0.717) is 12.0 Å². The van der Waals surface area contributed by atoms with Crippen molar-refractivity contribution < 1.29 is 14.3 Å². The Labute approximate surface area is 144 Å². The van der Waals surface area contributed by atoms with Gasteiger partial charge in [-0.2, -0.15) is 0 Å². The van der Waals surface area contributed by atoms with Gasteiger partial charge in [0.25, 0.3) is 5.91 Å². The summed E-state index contributed by atoms with van der Waals surface area (Å²) in [5.41, 5.74) is 0. The summed E-state index contributed by atoms with van der Waals surface area (Å²) in [6.45, 7) is 8.24. The minimum absolute atomic E-state index is 0.00759. The SMILES string of the molecule is CC(C)CN1CC1COc1ccc(OC2CCCCNC2=O)cc1. The number of nitrogens with zero attached hydrogens (tertiary/aromatic N) is 1. The van der Waals surface area contributed by atoms with E-state index in [9.17, 15) is 4.79 Å². The zero-order valence-corrected chi connectivity index (χ0v) is 14.7. The first-order chi connectivity index (χ1) is 11.6. The maximum atomic E-state index is 11.9. The Bertz CT molecular complexity index is 544. The van der Waals surface area contributed by atoms with Gasteiger partial charge in [0.2, 0.25) is 0 Å². The lowest BCUT2D eigenvalue weighted by atomic mass is 10.2. The van der Waals surface area contributed by atoms with Gasteiger partial charge in [-0.3, -0.25) is 9.69 Å². The van der Waals surface area contributed by atoms with Crippen molar-refractivity contribution in [3.63, 3.8) is 0 Å².